The van der Waals surface area contributed by atoms with Crippen LogP contribution in [0.5, 0.6) is 0 Å². The van der Waals surface area contributed by atoms with Gasteiger partial charge in [-0.1, -0.05) is 18.2 Å². The van der Waals surface area contributed by atoms with Crippen LogP contribution in [0.3, 0.4) is 0 Å². The zero-order valence-electron chi connectivity index (χ0n) is 12.5. The predicted octanol–water partition coefficient (Wildman–Crippen LogP) is 3.57. The van der Waals surface area contributed by atoms with Crippen molar-refractivity contribution in [3.8, 4) is 0 Å². The van der Waals surface area contributed by atoms with Crippen molar-refractivity contribution < 1.29 is 9.85 Å². The van der Waals surface area contributed by atoms with Crippen LogP contribution in [0.2, 0.25) is 0 Å². The Morgan fingerprint density at radius 3 is 2.48 bits per heavy atom. The number of nitrogens with zero attached hydrogens (tertiary/aromatic N) is 3. The first kappa shape index (κ1) is 16.1. The molecule has 0 radical (unpaired) electrons. The van der Waals surface area contributed by atoms with Crippen LogP contribution in [0.25, 0.3) is 0 Å². The average molecular weight is 314 g/mol. The summed E-state index contributed by atoms with van der Waals surface area (Å²) in [6.45, 7) is 3.92. The Kier molecular flexibility index (Phi) is 4.65. The zero-order valence-corrected chi connectivity index (χ0v) is 12.5. The van der Waals surface area contributed by atoms with Gasteiger partial charge in [0.1, 0.15) is 5.69 Å². The number of nitro benzene ring substituents is 2. The van der Waals surface area contributed by atoms with E-state index in [1.165, 1.54) is 12.1 Å². The summed E-state index contributed by atoms with van der Waals surface area (Å²) in [6.07, 6.45) is 1.55. The van der Waals surface area contributed by atoms with Gasteiger partial charge in [-0.3, -0.25) is 25.7 Å². The largest absolute Gasteiger partial charge is 0.301 e. The van der Waals surface area contributed by atoms with Gasteiger partial charge in [-0.25, -0.2) is 0 Å². The molecule has 2 rings (SSSR count). The van der Waals surface area contributed by atoms with Gasteiger partial charge in [-0.2, -0.15) is 5.10 Å². The monoisotopic (exact) mass is 314 g/mol. The molecule has 2 aromatic rings. The van der Waals surface area contributed by atoms with Crippen molar-refractivity contribution in [2.45, 2.75) is 13.8 Å². The maximum absolute atomic E-state index is 11.0. The van der Waals surface area contributed by atoms with Crippen LogP contribution >= 0.6 is 0 Å². The van der Waals surface area contributed by atoms with E-state index in [2.05, 4.69) is 10.5 Å². The molecule has 0 aliphatic carbocycles. The van der Waals surface area contributed by atoms with Crippen molar-refractivity contribution in [2.24, 2.45) is 5.10 Å². The quantitative estimate of drug-likeness (QED) is 0.515. The molecular formula is C15H14N4O4. The second kappa shape index (κ2) is 6.65. The molecule has 8 nitrogen and oxygen atoms in total. The smallest absolute Gasteiger partial charge is 0.272 e. The molecule has 2 aromatic carbocycles. The molecule has 0 amide bonds. The molecule has 0 heterocycles. The highest BCUT2D eigenvalue weighted by molar-refractivity contribution is 5.83. The van der Waals surface area contributed by atoms with E-state index in [0.29, 0.717) is 0 Å². The minimum absolute atomic E-state index is 0.0853. The minimum atomic E-state index is -0.692. The number of aryl methyl sites for hydroxylation is 1. The first-order valence-corrected chi connectivity index (χ1v) is 6.68. The highest BCUT2D eigenvalue weighted by atomic mass is 16.6. The lowest BCUT2D eigenvalue weighted by molar-refractivity contribution is -0.393. The standard InChI is InChI=1S/C15H14N4O4/c1-10-4-3-5-12(11(10)2)9-16-17-14-7-6-13(18(20)21)8-15(14)19(22)23/h3-9,17H,1-2H3. The maximum Gasteiger partial charge on any atom is 0.301 e. The topological polar surface area (TPSA) is 111 Å². The van der Waals surface area contributed by atoms with Crippen LogP contribution in [0.15, 0.2) is 41.5 Å². The molecule has 0 unspecified atom stereocenters. The third-order valence-electron chi connectivity index (χ3n) is 3.42. The van der Waals surface area contributed by atoms with Crippen molar-refractivity contribution in [1.29, 1.82) is 0 Å². The summed E-state index contributed by atoms with van der Waals surface area (Å²) in [5.41, 5.74) is 4.93. The molecule has 0 atom stereocenters. The van der Waals surface area contributed by atoms with Gasteiger partial charge in [0.05, 0.1) is 22.1 Å². The van der Waals surface area contributed by atoms with E-state index in [9.17, 15) is 20.2 Å². The van der Waals surface area contributed by atoms with E-state index < -0.39 is 15.5 Å². The summed E-state index contributed by atoms with van der Waals surface area (Å²) in [5, 5.41) is 25.7. The van der Waals surface area contributed by atoms with Crippen LogP contribution in [-0.2, 0) is 0 Å². The SMILES string of the molecule is Cc1cccc(C=NNc2ccc([N+](=O)[O-])cc2[N+](=O)[O-])c1C. The normalized spacial score (nSPS) is 10.7. The molecular weight excluding hydrogens is 300 g/mol. The summed E-state index contributed by atoms with van der Waals surface area (Å²) in [4.78, 5) is 20.3. The van der Waals surface area contributed by atoms with Gasteiger partial charge in [0.25, 0.3) is 5.69 Å². The molecule has 0 saturated heterocycles. The Balaban J connectivity index is 2.26. The van der Waals surface area contributed by atoms with Gasteiger partial charge < -0.3 is 0 Å². The van der Waals surface area contributed by atoms with Crippen LogP contribution in [-0.4, -0.2) is 16.1 Å². The lowest BCUT2D eigenvalue weighted by Crippen LogP contribution is -1.99. The van der Waals surface area contributed by atoms with Crippen LogP contribution in [0.1, 0.15) is 16.7 Å². The maximum atomic E-state index is 11.0. The zero-order chi connectivity index (χ0) is 17.0. The van der Waals surface area contributed by atoms with Gasteiger partial charge in [-0.15, -0.1) is 0 Å². The van der Waals surface area contributed by atoms with Crippen molar-refractivity contribution in [3.63, 3.8) is 0 Å². The predicted molar refractivity (Wildman–Crippen MR) is 86.9 cm³/mol. The number of benzene rings is 2. The molecule has 0 aliphatic heterocycles. The summed E-state index contributed by atoms with van der Waals surface area (Å²) in [5.74, 6) is 0. The number of hydrazone groups is 1. The molecule has 0 saturated carbocycles. The molecule has 1 N–H and O–H groups in total. The molecule has 0 bridgehead atoms. The minimum Gasteiger partial charge on any atom is -0.272 e. The highest BCUT2D eigenvalue weighted by Gasteiger charge is 2.19. The number of nitrogens with one attached hydrogen (secondary N) is 1. The summed E-state index contributed by atoms with van der Waals surface area (Å²) in [6, 6.07) is 9.08. The summed E-state index contributed by atoms with van der Waals surface area (Å²) >= 11 is 0. The fraction of sp³-hybridized carbons (Fsp3) is 0.133. The average Bonchev–Trinajstić information content (AvgIpc) is 2.51. The number of non-ortho nitro benzene ring substituents is 1. The van der Waals surface area contributed by atoms with Crippen LogP contribution in [0, 0.1) is 34.1 Å². The lowest BCUT2D eigenvalue weighted by Gasteiger charge is -2.04. The van der Waals surface area contributed by atoms with E-state index >= 15 is 0 Å². The van der Waals surface area contributed by atoms with Gasteiger partial charge in [0, 0.05) is 6.07 Å². The second-order valence-corrected chi connectivity index (χ2v) is 4.87. The third kappa shape index (κ3) is 3.67. The Hall–Kier alpha value is -3.29. The number of hydrogen-bond acceptors (Lipinski definition) is 6. The molecule has 8 heteroatoms. The van der Waals surface area contributed by atoms with E-state index in [4.69, 9.17) is 0 Å². The van der Waals surface area contributed by atoms with Crippen molar-refractivity contribution in [3.05, 3.63) is 73.3 Å². The number of nitro groups is 2. The van der Waals surface area contributed by atoms with Crippen molar-refractivity contribution >= 4 is 23.3 Å². The molecule has 0 aliphatic rings. The van der Waals surface area contributed by atoms with Crippen LogP contribution < -0.4 is 5.43 Å². The Labute approximate surface area is 131 Å². The Bertz CT molecular complexity index is 802. The van der Waals surface area contributed by atoms with Crippen molar-refractivity contribution in [2.75, 3.05) is 5.43 Å². The van der Waals surface area contributed by atoms with Crippen LogP contribution in [0.4, 0.5) is 17.1 Å². The molecule has 23 heavy (non-hydrogen) atoms. The van der Waals surface area contributed by atoms with Gasteiger partial charge >= 0.3 is 5.69 Å². The van der Waals surface area contributed by atoms with Gasteiger partial charge in [-0.05, 0) is 36.6 Å². The second-order valence-electron chi connectivity index (χ2n) is 4.87. The molecule has 0 spiro atoms. The van der Waals surface area contributed by atoms with E-state index in [0.717, 1.165) is 22.8 Å². The molecule has 0 aromatic heterocycles. The third-order valence-corrected chi connectivity index (χ3v) is 3.42. The van der Waals surface area contributed by atoms with E-state index in [1.807, 2.05) is 32.0 Å². The Morgan fingerprint density at radius 2 is 1.83 bits per heavy atom. The summed E-state index contributed by atoms with van der Waals surface area (Å²) < 4.78 is 0. The first-order chi connectivity index (χ1) is 10.9. The number of hydrogen-bond donors (Lipinski definition) is 1. The highest BCUT2D eigenvalue weighted by Crippen LogP contribution is 2.28. The van der Waals surface area contributed by atoms with E-state index in [1.54, 1.807) is 6.21 Å². The lowest BCUT2D eigenvalue weighted by atomic mass is 10.0. The van der Waals surface area contributed by atoms with Gasteiger partial charge in [0.2, 0.25) is 0 Å². The molecule has 0 fully saturated rings. The van der Waals surface area contributed by atoms with Gasteiger partial charge in [0.15, 0.2) is 0 Å². The molecule has 118 valence electrons. The summed E-state index contributed by atoms with van der Waals surface area (Å²) in [7, 11) is 0. The van der Waals surface area contributed by atoms with E-state index in [-0.39, 0.29) is 11.4 Å². The van der Waals surface area contributed by atoms with Crippen molar-refractivity contribution in [1.82, 2.24) is 0 Å². The Morgan fingerprint density at radius 1 is 1.09 bits per heavy atom. The number of anilines is 1. The fourth-order valence-electron chi connectivity index (χ4n) is 1.96. The first-order valence-electron chi connectivity index (χ1n) is 6.68. The number of rotatable bonds is 5. The fourth-order valence-corrected chi connectivity index (χ4v) is 1.96.